The van der Waals surface area contributed by atoms with Crippen molar-refractivity contribution in [3.8, 4) is 5.75 Å². The standard InChI is InChI=1S/C23H30N4O5S/c1-16(2)25-23(29)15-32-20-10-8-19(9-11-20)13-24-26-22(28)14-27(33(5,30)31)21-12-17(3)6-7-18(21)4/h6-13,16H,14-15H2,1-5H3,(H,25,29)(H,26,28)/b24-13-. The minimum Gasteiger partial charge on any atom is -0.484 e. The molecule has 33 heavy (non-hydrogen) atoms. The molecule has 10 heteroatoms. The monoisotopic (exact) mass is 474 g/mol. The molecule has 0 aliphatic rings. The Morgan fingerprint density at radius 2 is 1.76 bits per heavy atom. The van der Waals surface area contributed by atoms with Gasteiger partial charge in [-0.2, -0.15) is 5.10 Å². The van der Waals surface area contributed by atoms with Gasteiger partial charge in [0.1, 0.15) is 12.3 Å². The molecule has 0 saturated carbocycles. The summed E-state index contributed by atoms with van der Waals surface area (Å²) in [4.78, 5) is 24.0. The van der Waals surface area contributed by atoms with Gasteiger partial charge in [-0.3, -0.25) is 13.9 Å². The second-order valence-corrected chi connectivity index (χ2v) is 9.84. The average Bonchev–Trinajstić information content (AvgIpc) is 2.72. The summed E-state index contributed by atoms with van der Waals surface area (Å²) in [5.41, 5.74) is 5.11. The van der Waals surface area contributed by atoms with Crippen LogP contribution >= 0.6 is 0 Å². The van der Waals surface area contributed by atoms with E-state index in [-0.39, 0.29) is 18.6 Å². The molecule has 0 aromatic heterocycles. The molecule has 2 aromatic carbocycles. The number of hydrazone groups is 1. The Labute approximate surface area is 194 Å². The molecule has 2 N–H and O–H groups in total. The molecular formula is C23H30N4O5S. The number of carbonyl (C=O) groups excluding carboxylic acids is 2. The zero-order chi connectivity index (χ0) is 24.6. The van der Waals surface area contributed by atoms with Crippen LogP contribution in [0.4, 0.5) is 5.69 Å². The summed E-state index contributed by atoms with van der Waals surface area (Å²) in [6, 6.07) is 12.2. The number of ether oxygens (including phenoxy) is 1. The van der Waals surface area contributed by atoms with Crippen LogP contribution in [0.2, 0.25) is 0 Å². The molecule has 0 radical (unpaired) electrons. The Balaban J connectivity index is 1.95. The van der Waals surface area contributed by atoms with E-state index in [0.717, 1.165) is 21.7 Å². The van der Waals surface area contributed by atoms with Gasteiger partial charge in [0.2, 0.25) is 10.0 Å². The van der Waals surface area contributed by atoms with Gasteiger partial charge in [-0.1, -0.05) is 12.1 Å². The number of anilines is 1. The van der Waals surface area contributed by atoms with E-state index in [0.29, 0.717) is 17.0 Å². The molecule has 0 spiro atoms. The molecule has 0 atom stereocenters. The number of hydrogen-bond donors (Lipinski definition) is 2. The van der Waals surface area contributed by atoms with E-state index in [2.05, 4.69) is 15.8 Å². The smallest absolute Gasteiger partial charge is 0.260 e. The predicted octanol–water partition coefficient (Wildman–Crippen LogP) is 2.12. The fourth-order valence-electron chi connectivity index (χ4n) is 2.88. The highest BCUT2D eigenvalue weighted by Crippen LogP contribution is 2.23. The zero-order valence-electron chi connectivity index (χ0n) is 19.5. The zero-order valence-corrected chi connectivity index (χ0v) is 20.3. The van der Waals surface area contributed by atoms with Gasteiger partial charge >= 0.3 is 0 Å². The molecule has 0 aliphatic heterocycles. The fraction of sp³-hybridized carbons (Fsp3) is 0.348. The van der Waals surface area contributed by atoms with Crippen LogP contribution in [0.15, 0.2) is 47.6 Å². The molecule has 0 saturated heterocycles. The Morgan fingerprint density at radius 1 is 1.09 bits per heavy atom. The Hall–Kier alpha value is -3.40. The second-order valence-electron chi connectivity index (χ2n) is 7.93. The highest BCUT2D eigenvalue weighted by atomic mass is 32.2. The van der Waals surface area contributed by atoms with Crippen LogP contribution in [0.1, 0.15) is 30.5 Å². The van der Waals surface area contributed by atoms with Crippen molar-refractivity contribution < 1.29 is 22.7 Å². The molecule has 2 amide bonds. The number of carbonyl (C=O) groups is 2. The first-order chi connectivity index (χ1) is 15.5. The first-order valence-corrected chi connectivity index (χ1v) is 12.2. The minimum atomic E-state index is -3.67. The van der Waals surface area contributed by atoms with E-state index in [1.165, 1.54) is 6.21 Å². The molecule has 2 aromatic rings. The van der Waals surface area contributed by atoms with Crippen LogP contribution in [0.5, 0.6) is 5.75 Å². The number of amides is 2. The number of nitrogens with zero attached hydrogens (tertiary/aromatic N) is 2. The van der Waals surface area contributed by atoms with E-state index in [9.17, 15) is 18.0 Å². The maximum absolute atomic E-state index is 12.4. The Kier molecular flexibility index (Phi) is 8.98. The van der Waals surface area contributed by atoms with Crippen LogP contribution < -0.4 is 19.8 Å². The van der Waals surface area contributed by atoms with Crippen molar-refractivity contribution in [2.75, 3.05) is 23.7 Å². The van der Waals surface area contributed by atoms with E-state index < -0.39 is 22.5 Å². The first kappa shape index (κ1) is 25.9. The summed E-state index contributed by atoms with van der Waals surface area (Å²) in [6.07, 6.45) is 2.48. The first-order valence-electron chi connectivity index (χ1n) is 10.3. The van der Waals surface area contributed by atoms with Crippen LogP contribution in [-0.2, 0) is 19.6 Å². The average molecular weight is 475 g/mol. The summed E-state index contributed by atoms with van der Waals surface area (Å²) >= 11 is 0. The van der Waals surface area contributed by atoms with E-state index in [4.69, 9.17) is 4.74 Å². The van der Waals surface area contributed by atoms with Crippen molar-refractivity contribution in [3.63, 3.8) is 0 Å². The maximum atomic E-state index is 12.4. The number of sulfonamides is 1. The summed E-state index contributed by atoms with van der Waals surface area (Å²) in [7, 11) is -3.67. The van der Waals surface area contributed by atoms with Crippen LogP contribution in [0, 0.1) is 13.8 Å². The molecule has 0 fully saturated rings. The van der Waals surface area contributed by atoms with Gasteiger partial charge in [-0.15, -0.1) is 0 Å². The lowest BCUT2D eigenvalue weighted by atomic mass is 10.1. The molecule has 0 unspecified atom stereocenters. The van der Waals surface area contributed by atoms with E-state index >= 15 is 0 Å². The van der Waals surface area contributed by atoms with Crippen molar-refractivity contribution in [1.29, 1.82) is 0 Å². The van der Waals surface area contributed by atoms with Gasteiger partial charge in [0, 0.05) is 6.04 Å². The van der Waals surface area contributed by atoms with Crippen molar-refractivity contribution in [1.82, 2.24) is 10.7 Å². The highest BCUT2D eigenvalue weighted by molar-refractivity contribution is 7.92. The molecule has 178 valence electrons. The molecular weight excluding hydrogens is 444 g/mol. The SMILES string of the molecule is Cc1ccc(C)c(N(CC(=O)N/N=C\c2ccc(OCC(=O)NC(C)C)cc2)S(C)(=O)=O)c1. The lowest BCUT2D eigenvalue weighted by molar-refractivity contribution is -0.123. The minimum absolute atomic E-state index is 0.0419. The van der Waals surface area contributed by atoms with Gasteiger partial charge in [0.15, 0.2) is 6.61 Å². The predicted molar refractivity (Wildman–Crippen MR) is 129 cm³/mol. The second kappa shape index (κ2) is 11.5. The fourth-order valence-corrected chi connectivity index (χ4v) is 3.78. The summed E-state index contributed by atoms with van der Waals surface area (Å²) in [6.45, 7) is 6.89. The van der Waals surface area contributed by atoms with Crippen molar-refractivity contribution >= 4 is 33.7 Å². The number of rotatable bonds is 10. The number of nitrogens with one attached hydrogen (secondary N) is 2. The summed E-state index contributed by atoms with van der Waals surface area (Å²) < 4.78 is 31.0. The number of benzene rings is 2. The number of hydrogen-bond acceptors (Lipinski definition) is 6. The van der Waals surface area contributed by atoms with E-state index in [1.807, 2.05) is 32.9 Å². The largest absolute Gasteiger partial charge is 0.484 e. The van der Waals surface area contributed by atoms with Crippen LogP contribution in [0.3, 0.4) is 0 Å². The van der Waals surface area contributed by atoms with Crippen molar-refractivity contribution in [2.24, 2.45) is 5.10 Å². The van der Waals surface area contributed by atoms with Crippen molar-refractivity contribution in [2.45, 2.75) is 33.7 Å². The number of aryl methyl sites for hydroxylation is 2. The lowest BCUT2D eigenvalue weighted by Crippen LogP contribution is -2.39. The van der Waals surface area contributed by atoms with E-state index in [1.54, 1.807) is 37.3 Å². The third-order valence-electron chi connectivity index (χ3n) is 4.42. The third kappa shape index (κ3) is 8.57. The lowest BCUT2D eigenvalue weighted by Gasteiger charge is -2.23. The van der Waals surface area contributed by atoms with Gasteiger partial charge in [0.05, 0.1) is 18.2 Å². The van der Waals surface area contributed by atoms with Crippen LogP contribution in [0.25, 0.3) is 0 Å². The molecule has 2 rings (SSSR count). The Morgan fingerprint density at radius 3 is 2.36 bits per heavy atom. The highest BCUT2D eigenvalue weighted by Gasteiger charge is 2.22. The quantitative estimate of drug-likeness (QED) is 0.404. The Bertz CT molecular complexity index is 1110. The van der Waals surface area contributed by atoms with Crippen LogP contribution in [-0.4, -0.2) is 51.9 Å². The molecule has 0 bridgehead atoms. The van der Waals surface area contributed by atoms with Crippen molar-refractivity contribution in [3.05, 3.63) is 59.2 Å². The van der Waals surface area contributed by atoms with Gasteiger partial charge in [-0.05, 0) is 74.7 Å². The summed E-state index contributed by atoms with van der Waals surface area (Å²) in [5, 5.41) is 6.63. The normalized spacial score (nSPS) is 11.5. The third-order valence-corrected chi connectivity index (χ3v) is 5.55. The maximum Gasteiger partial charge on any atom is 0.260 e. The summed E-state index contributed by atoms with van der Waals surface area (Å²) in [5.74, 6) is -0.261. The molecule has 0 aliphatic carbocycles. The van der Waals surface area contributed by atoms with Gasteiger partial charge in [0.25, 0.3) is 11.8 Å². The van der Waals surface area contributed by atoms with Gasteiger partial charge in [-0.25, -0.2) is 13.8 Å². The topological polar surface area (TPSA) is 117 Å². The van der Waals surface area contributed by atoms with Gasteiger partial charge < -0.3 is 10.1 Å². The molecule has 0 heterocycles. The molecule has 9 nitrogen and oxygen atoms in total.